The first-order chi connectivity index (χ1) is 16.3. The number of hydrogen-bond donors (Lipinski definition) is 0. The van der Waals surface area contributed by atoms with Gasteiger partial charge in [0, 0.05) is 55.9 Å². The number of amides is 1. The van der Waals surface area contributed by atoms with Crippen LogP contribution in [0.25, 0.3) is 11.3 Å². The lowest BCUT2D eigenvalue weighted by molar-refractivity contribution is -0.116. The van der Waals surface area contributed by atoms with Crippen LogP contribution in [-0.2, 0) is 21.2 Å². The minimum atomic E-state index is -3.62. The molecule has 8 nitrogen and oxygen atoms in total. The predicted octanol–water partition coefficient (Wildman–Crippen LogP) is 3.22. The molecule has 1 fully saturated rings. The third-order valence-corrected chi connectivity index (χ3v) is 8.46. The molecule has 3 heterocycles. The van der Waals surface area contributed by atoms with Crippen molar-refractivity contribution in [2.24, 2.45) is 0 Å². The highest BCUT2D eigenvalue weighted by molar-refractivity contribution is 7.89. The van der Waals surface area contributed by atoms with Gasteiger partial charge in [-0.05, 0) is 54.4 Å². The van der Waals surface area contributed by atoms with Gasteiger partial charge in [0.05, 0.1) is 10.6 Å². The molecule has 34 heavy (non-hydrogen) atoms. The average Bonchev–Trinajstić information content (AvgIpc) is 3.29. The maximum absolute atomic E-state index is 13.3. The van der Waals surface area contributed by atoms with E-state index in [2.05, 4.69) is 10.2 Å². The molecule has 5 rings (SSSR count). The van der Waals surface area contributed by atoms with Crippen molar-refractivity contribution in [3.8, 4) is 11.3 Å². The first kappa shape index (κ1) is 22.8. The zero-order valence-electron chi connectivity index (χ0n) is 18.7. The zero-order valence-corrected chi connectivity index (χ0v) is 20.3. The Morgan fingerprint density at radius 3 is 2.29 bits per heavy atom. The van der Waals surface area contributed by atoms with Gasteiger partial charge in [-0.3, -0.25) is 4.79 Å². The molecule has 10 heteroatoms. The highest BCUT2D eigenvalue weighted by Gasteiger charge is 2.31. The summed E-state index contributed by atoms with van der Waals surface area (Å²) in [5, 5.41) is 9.34. The van der Waals surface area contributed by atoms with Crippen molar-refractivity contribution in [2.45, 2.75) is 18.2 Å². The second kappa shape index (κ2) is 8.98. The Hall–Kier alpha value is -3.01. The van der Waals surface area contributed by atoms with Crippen LogP contribution in [0.2, 0.25) is 5.02 Å². The third-order valence-electron chi connectivity index (χ3n) is 6.32. The van der Waals surface area contributed by atoms with Crippen LogP contribution < -0.4 is 9.80 Å². The second-order valence-electron chi connectivity index (χ2n) is 8.39. The number of carbonyl (C=O) groups is 1. The highest BCUT2D eigenvalue weighted by Crippen LogP contribution is 2.31. The van der Waals surface area contributed by atoms with Gasteiger partial charge < -0.3 is 9.80 Å². The normalized spacial score (nSPS) is 16.5. The van der Waals surface area contributed by atoms with Gasteiger partial charge in [0.2, 0.25) is 15.9 Å². The van der Waals surface area contributed by atoms with Crippen molar-refractivity contribution in [1.82, 2.24) is 14.5 Å². The van der Waals surface area contributed by atoms with Gasteiger partial charge in [0.15, 0.2) is 5.82 Å². The molecule has 0 saturated carbocycles. The number of rotatable bonds is 4. The number of anilines is 2. The highest BCUT2D eigenvalue weighted by atomic mass is 35.5. The summed E-state index contributed by atoms with van der Waals surface area (Å²) in [5.41, 5.74) is 3.38. The minimum Gasteiger partial charge on any atom is -0.352 e. The minimum absolute atomic E-state index is 0.0326. The molecule has 0 spiro atoms. The fourth-order valence-electron chi connectivity index (χ4n) is 4.44. The van der Waals surface area contributed by atoms with E-state index < -0.39 is 10.0 Å². The number of piperazine rings is 1. The maximum Gasteiger partial charge on any atom is 0.243 e. The topological polar surface area (TPSA) is 86.7 Å². The van der Waals surface area contributed by atoms with Gasteiger partial charge in [0.25, 0.3) is 0 Å². The summed E-state index contributed by atoms with van der Waals surface area (Å²) in [7, 11) is -3.62. The summed E-state index contributed by atoms with van der Waals surface area (Å²) < 4.78 is 28.0. The van der Waals surface area contributed by atoms with Gasteiger partial charge >= 0.3 is 0 Å². The van der Waals surface area contributed by atoms with E-state index in [0.29, 0.717) is 44.2 Å². The van der Waals surface area contributed by atoms with Crippen LogP contribution in [0, 0.1) is 0 Å². The number of hydrogen-bond acceptors (Lipinski definition) is 6. The number of aromatic nitrogens is 2. The number of sulfonamides is 1. The first-order valence-electron chi connectivity index (χ1n) is 11.1. The second-order valence-corrected chi connectivity index (χ2v) is 10.8. The van der Waals surface area contributed by atoms with E-state index in [4.69, 9.17) is 11.6 Å². The van der Waals surface area contributed by atoms with Gasteiger partial charge in [-0.15, -0.1) is 10.2 Å². The molecule has 2 aliphatic rings. The molecular formula is C24H24ClN5O3S. The third kappa shape index (κ3) is 4.26. The SMILES string of the molecule is CC(=O)N1CCc2cc(S(=O)(=O)N3CCN(c4ccc(-c5ccc(Cl)cc5)nn4)CC3)ccc21. The molecule has 0 atom stereocenters. The molecule has 2 aliphatic heterocycles. The molecule has 1 aromatic heterocycles. The summed E-state index contributed by atoms with van der Waals surface area (Å²) in [6.07, 6.45) is 0.663. The van der Waals surface area contributed by atoms with Gasteiger partial charge in [0.1, 0.15) is 0 Å². The van der Waals surface area contributed by atoms with Gasteiger partial charge in [-0.1, -0.05) is 23.7 Å². The summed E-state index contributed by atoms with van der Waals surface area (Å²) in [6.45, 7) is 3.88. The molecule has 1 saturated heterocycles. The van der Waals surface area contributed by atoms with E-state index in [1.165, 1.54) is 11.2 Å². The van der Waals surface area contributed by atoms with Crippen molar-refractivity contribution in [1.29, 1.82) is 0 Å². The fourth-order valence-corrected chi connectivity index (χ4v) is 6.04. The molecule has 0 unspecified atom stereocenters. The largest absolute Gasteiger partial charge is 0.352 e. The Morgan fingerprint density at radius 1 is 0.912 bits per heavy atom. The molecular weight excluding hydrogens is 474 g/mol. The molecule has 2 aromatic carbocycles. The number of halogens is 1. The first-order valence-corrected chi connectivity index (χ1v) is 12.9. The van der Waals surface area contributed by atoms with Crippen LogP contribution in [0.4, 0.5) is 11.5 Å². The van der Waals surface area contributed by atoms with Crippen molar-refractivity contribution in [3.05, 3.63) is 65.2 Å². The standard InChI is InChI=1S/C24H24ClN5O3S/c1-17(31)30-11-10-19-16-21(6-8-23(19)30)34(32,33)29-14-12-28(13-15-29)24-9-7-22(26-27-24)18-2-4-20(25)5-3-18/h2-9,16H,10-15H2,1H3. The summed E-state index contributed by atoms with van der Waals surface area (Å²) in [5.74, 6) is 0.686. The predicted molar refractivity (Wildman–Crippen MR) is 132 cm³/mol. The molecule has 0 bridgehead atoms. The Kier molecular flexibility index (Phi) is 6.01. The van der Waals surface area contributed by atoms with Crippen LogP contribution in [0.3, 0.4) is 0 Å². The number of benzene rings is 2. The van der Waals surface area contributed by atoms with Crippen molar-refractivity contribution >= 4 is 39.0 Å². The average molecular weight is 498 g/mol. The molecule has 3 aromatic rings. The van der Waals surface area contributed by atoms with Gasteiger partial charge in [-0.2, -0.15) is 4.31 Å². The Bertz CT molecular complexity index is 1320. The fraction of sp³-hybridized carbons (Fsp3) is 0.292. The summed E-state index contributed by atoms with van der Waals surface area (Å²) in [4.78, 5) is 15.8. The summed E-state index contributed by atoms with van der Waals surface area (Å²) >= 11 is 5.95. The van der Waals surface area contributed by atoms with Crippen LogP contribution in [0.1, 0.15) is 12.5 Å². The number of fused-ring (bicyclic) bond motifs is 1. The van der Waals surface area contributed by atoms with E-state index in [9.17, 15) is 13.2 Å². The molecule has 1 amide bonds. The van der Waals surface area contributed by atoms with Crippen LogP contribution in [0.5, 0.6) is 0 Å². The van der Waals surface area contributed by atoms with Crippen molar-refractivity contribution < 1.29 is 13.2 Å². The van der Waals surface area contributed by atoms with Crippen LogP contribution in [0.15, 0.2) is 59.5 Å². The van der Waals surface area contributed by atoms with E-state index >= 15 is 0 Å². The van der Waals surface area contributed by atoms with E-state index in [1.54, 1.807) is 23.1 Å². The number of nitrogens with zero attached hydrogens (tertiary/aromatic N) is 5. The number of carbonyl (C=O) groups excluding carboxylic acids is 1. The van der Waals surface area contributed by atoms with Gasteiger partial charge in [-0.25, -0.2) is 8.42 Å². The lowest BCUT2D eigenvalue weighted by Crippen LogP contribution is -2.49. The van der Waals surface area contributed by atoms with E-state index in [-0.39, 0.29) is 10.8 Å². The molecule has 0 radical (unpaired) electrons. The van der Waals surface area contributed by atoms with Crippen molar-refractivity contribution in [2.75, 3.05) is 42.5 Å². The lowest BCUT2D eigenvalue weighted by Gasteiger charge is -2.34. The maximum atomic E-state index is 13.3. The molecule has 0 aliphatic carbocycles. The lowest BCUT2D eigenvalue weighted by atomic mass is 10.1. The quantitative estimate of drug-likeness (QED) is 0.550. The summed E-state index contributed by atoms with van der Waals surface area (Å²) in [6, 6.07) is 16.3. The Labute approximate surface area is 203 Å². The Balaban J connectivity index is 1.26. The van der Waals surface area contributed by atoms with Crippen molar-refractivity contribution in [3.63, 3.8) is 0 Å². The van der Waals surface area contributed by atoms with E-state index in [1.807, 2.05) is 41.3 Å². The Morgan fingerprint density at radius 2 is 1.65 bits per heavy atom. The molecule has 0 N–H and O–H groups in total. The zero-order chi connectivity index (χ0) is 23.9. The van der Waals surface area contributed by atoms with E-state index in [0.717, 1.165) is 28.3 Å². The smallest absolute Gasteiger partial charge is 0.243 e. The molecule has 176 valence electrons. The van der Waals surface area contributed by atoms with Crippen LogP contribution in [-0.4, -0.2) is 61.6 Å². The monoisotopic (exact) mass is 497 g/mol. The van der Waals surface area contributed by atoms with Crippen LogP contribution >= 0.6 is 11.6 Å².